The summed E-state index contributed by atoms with van der Waals surface area (Å²) >= 11 is 11.2. The zero-order valence-corrected chi connectivity index (χ0v) is 8.96. The first-order valence-electron chi connectivity index (χ1n) is 3.90. The number of nitrogens with zero attached hydrogens (tertiary/aromatic N) is 2. The van der Waals surface area contributed by atoms with Crippen LogP contribution in [-0.2, 0) is 4.79 Å². The third-order valence-electron chi connectivity index (χ3n) is 1.53. The second kappa shape index (κ2) is 5.11. The summed E-state index contributed by atoms with van der Waals surface area (Å²) in [6.45, 7) is -0.0723. The van der Waals surface area contributed by atoms with Gasteiger partial charge in [-0.3, -0.25) is 4.79 Å². The van der Waals surface area contributed by atoms with Crippen LogP contribution < -0.4 is 11.1 Å². The smallest absolute Gasteiger partial charge is 0.248 e. The molecule has 0 bridgehead atoms. The molecule has 0 saturated carbocycles. The number of carbonyl (C=O) groups excluding carboxylic acids is 1. The van der Waals surface area contributed by atoms with Gasteiger partial charge in [-0.2, -0.15) is 0 Å². The lowest BCUT2D eigenvalue weighted by Gasteiger charge is -2.09. The van der Waals surface area contributed by atoms with Crippen LogP contribution in [0.2, 0.25) is 10.3 Å². The highest BCUT2D eigenvalue weighted by Crippen LogP contribution is 2.20. The van der Waals surface area contributed by atoms with Gasteiger partial charge in [0.2, 0.25) is 5.91 Å². The standard InChI is InChI=1S/C7H8Cl2N4O2/c8-5-1-3(6(9)13-12-5)11-2-4(14)7(10)15/h1,4,14H,2H2,(H2,10,15)(H,11,12). The number of aliphatic hydroxyl groups excluding tert-OH is 1. The van der Waals surface area contributed by atoms with Crippen molar-refractivity contribution in [1.29, 1.82) is 0 Å². The van der Waals surface area contributed by atoms with Crippen LogP contribution in [0.25, 0.3) is 0 Å². The van der Waals surface area contributed by atoms with Crippen molar-refractivity contribution in [1.82, 2.24) is 10.2 Å². The highest BCUT2D eigenvalue weighted by Gasteiger charge is 2.11. The lowest BCUT2D eigenvalue weighted by molar-refractivity contribution is -0.125. The number of nitrogens with two attached hydrogens (primary N) is 1. The first kappa shape index (κ1) is 12.0. The van der Waals surface area contributed by atoms with E-state index >= 15 is 0 Å². The molecule has 0 radical (unpaired) electrons. The summed E-state index contributed by atoms with van der Waals surface area (Å²) in [5.41, 5.74) is 5.22. The van der Waals surface area contributed by atoms with Crippen LogP contribution in [0, 0.1) is 0 Å². The number of aromatic nitrogens is 2. The van der Waals surface area contributed by atoms with Gasteiger partial charge in [0.15, 0.2) is 10.3 Å². The molecule has 1 amide bonds. The zero-order chi connectivity index (χ0) is 11.4. The molecule has 15 heavy (non-hydrogen) atoms. The Hall–Kier alpha value is -1.11. The monoisotopic (exact) mass is 250 g/mol. The van der Waals surface area contributed by atoms with Gasteiger partial charge in [-0.15, -0.1) is 10.2 Å². The predicted octanol–water partition coefficient (Wildman–Crippen LogP) is 0.0415. The van der Waals surface area contributed by atoms with E-state index in [9.17, 15) is 4.79 Å². The van der Waals surface area contributed by atoms with Gasteiger partial charge in [0.1, 0.15) is 6.10 Å². The first-order valence-corrected chi connectivity index (χ1v) is 4.66. The van der Waals surface area contributed by atoms with E-state index in [1.165, 1.54) is 6.07 Å². The molecule has 82 valence electrons. The van der Waals surface area contributed by atoms with E-state index in [0.717, 1.165) is 0 Å². The molecule has 6 nitrogen and oxygen atoms in total. The van der Waals surface area contributed by atoms with Gasteiger partial charge >= 0.3 is 0 Å². The molecule has 1 rings (SSSR count). The predicted molar refractivity (Wildman–Crippen MR) is 55.7 cm³/mol. The van der Waals surface area contributed by atoms with Crippen molar-refractivity contribution in [2.75, 3.05) is 11.9 Å². The third-order valence-corrected chi connectivity index (χ3v) is 2.00. The average Bonchev–Trinajstić information content (AvgIpc) is 2.18. The number of carbonyl (C=O) groups is 1. The fraction of sp³-hybridized carbons (Fsp3) is 0.286. The minimum atomic E-state index is -1.30. The summed E-state index contributed by atoms with van der Waals surface area (Å²) in [5.74, 6) is -0.827. The van der Waals surface area contributed by atoms with Gasteiger partial charge in [-0.1, -0.05) is 23.2 Å². The number of amides is 1. The van der Waals surface area contributed by atoms with E-state index in [0.29, 0.717) is 5.69 Å². The maximum Gasteiger partial charge on any atom is 0.248 e. The zero-order valence-electron chi connectivity index (χ0n) is 7.44. The van der Waals surface area contributed by atoms with Crippen molar-refractivity contribution in [3.63, 3.8) is 0 Å². The summed E-state index contributed by atoms with van der Waals surface area (Å²) in [6, 6.07) is 1.42. The van der Waals surface area contributed by atoms with Gasteiger partial charge in [0.25, 0.3) is 0 Å². The van der Waals surface area contributed by atoms with E-state index in [1.807, 2.05) is 0 Å². The number of rotatable bonds is 4. The van der Waals surface area contributed by atoms with Crippen molar-refractivity contribution >= 4 is 34.8 Å². The Labute approximate surface area is 95.4 Å². The van der Waals surface area contributed by atoms with E-state index in [1.54, 1.807) is 0 Å². The Balaban J connectivity index is 2.65. The van der Waals surface area contributed by atoms with Crippen LogP contribution in [0.5, 0.6) is 0 Å². The Morgan fingerprint density at radius 2 is 2.27 bits per heavy atom. The molecule has 0 spiro atoms. The summed E-state index contributed by atoms with van der Waals surface area (Å²) in [4.78, 5) is 10.5. The van der Waals surface area contributed by atoms with Crippen molar-refractivity contribution in [2.45, 2.75) is 6.10 Å². The minimum Gasteiger partial charge on any atom is -0.381 e. The lowest BCUT2D eigenvalue weighted by atomic mass is 10.3. The average molecular weight is 251 g/mol. The van der Waals surface area contributed by atoms with Gasteiger partial charge in [0, 0.05) is 12.6 Å². The molecule has 1 aromatic heterocycles. The molecule has 0 saturated heterocycles. The molecule has 0 aliphatic heterocycles. The van der Waals surface area contributed by atoms with Gasteiger partial charge in [0.05, 0.1) is 5.69 Å². The molecular formula is C7H8Cl2N4O2. The van der Waals surface area contributed by atoms with Crippen LogP contribution >= 0.6 is 23.2 Å². The van der Waals surface area contributed by atoms with Gasteiger partial charge in [-0.05, 0) is 0 Å². The Bertz CT molecular complexity index is 374. The molecule has 0 aliphatic carbocycles. The molecule has 8 heteroatoms. The summed E-state index contributed by atoms with van der Waals surface area (Å²) in [5, 5.41) is 19.0. The number of nitrogens with one attached hydrogen (secondary N) is 1. The Kier molecular flexibility index (Phi) is 4.07. The summed E-state index contributed by atoms with van der Waals surface area (Å²) < 4.78 is 0. The van der Waals surface area contributed by atoms with Crippen LogP contribution in [0.3, 0.4) is 0 Å². The normalized spacial score (nSPS) is 12.2. The topological polar surface area (TPSA) is 101 Å². The van der Waals surface area contributed by atoms with Gasteiger partial charge in [-0.25, -0.2) is 0 Å². The Morgan fingerprint density at radius 1 is 1.60 bits per heavy atom. The third kappa shape index (κ3) is 3.50. The number of hydrogen-bond donors (Lipinski definition) is 3. The van der Waals surface area contributed by atoms with E-state index in [2.05, 4.69) is 15.5 Å². The molecule has 0 aliphatic rings. The van der Waals surface area contributed by atoms with Crippen LogP contribution in [-0.4, -0.2) is 33.9 Å². The second-order valence-electron chi connectivity index (χ2n) is 2.67. The van der Waals surface area contributed by atoms with E-state index in [-0.39, 0.29) is 16.9 Å². The number of aliphatic hydroxyl groups is 1. The van der Waals surface area contributed by atoms with Crippen molar-refractivity contribution in [3.8, 4) is 0 Å². The maximum atomic E-state index is 10.5. The largest absolute Gasteiger partial charge is 0.381 e. The number of anilines is 1. The first-order chi connectivity index (χ1) is 7.00. The molecule has 1 unspecified atom stereocenters. The molecule has 0 aromatic carbocycles. The summed E-state index contributed by atoms with van der Waals surface area (Å²) in [7, 11) is 0. The van der Waals surface area contributed by atoms with Crippen molar-refractivity contribution in [3.05, 3.63) is 16.4 Å². The minimum absolute atomic E-state index is 0.0723. The van der Waals surface area contributed by atoms with Crippen LogP contribution in [0.15, 0.2) is 6.07 Å². The van der Waals surface area contributed by atoms with Crippen molar-refractivity contribution < 1.29 is 9.90 Å². The summed E-state index contributed by atoms with van der Waals surface area (Å²) in [6.07, 6.45) is -1.30. The van der Waals surface area contributed by atoms with Crippen molar-refractivity contribution in [2.24, 2.45) is 5.73 Å². The Morgan fingerprint density at radius 3 is 2.87 bits per heavy atom. The molecule has 1 heterocycles. The fourth-order valence-corrected chi connectivity index (χ4v) is 1.09. The molecule has 1 aromatic rings. The molecule has 0 fully saturated rings. The van der Waals surface area contributed by atoms with Crippen LogP contribution in [0.4, 0.5) is 5.69 Å². The molecular weight excluding hydrogens is 243 g/mol. The molecule has 1 atom stereocenters. The highest BCUT2D eigenvalue weighted by atomic mass is 35.5. The van der Waals surface area contributed by atoms with E-state index in [4.69, 9.17) is 34.0 Å². The number of primary amides is 1. The maximum absolute atomic E-state index is 10.5. The number of halogens is 2. The number of hydrogen-bond acceptors (Lipinski definition) is 5. The quantitative estimate of drug-likeness (QED) is 0.701. The van der Waals surface area contributed by atoms with Gasteiger partial charge < -0.3 is 16.2 Å². The van der Waals surface area contributed by atoms with Crippen LogP contribution in [0.1, 0.15) is 0 Å². The SMILES string of the molecule is NC(=O)C(O)CNc1cc(Cl)nnc1Cl. The highest BCUT2D eigenvalue weighted by molar-refractivity contribution is 6.33. The lowest BCUT2D eigenvalue weighted by Crippen LogP contribution is -2.34. The van der Waals surface area contributed by atoms with E-state index < -0.39 is 12.0 Å². The fourth-order valence-electron chi connectivity index (χ4n) is 0.784. The second-order valence-corrected chi connectivity index (χ2v) is 3.42. The molecule has 4 N–H and O–H groups in total.